The molecule has 5 heteroatoms. The monoisotopic (exact) mass is 289 g/mol. The number of aromatic nitrogens is 3. The Morgan fingerprint density at radius 1 is 1.24 bits per heavy atom. The van der Waals surface area contributed by atoms with Crippen LogP contribution in [0.3, 0.4) is 0 Å². The zero-order chi connectivity index (χ0) is 15.1. The van der Waals surface area contributed by atoms with Crippen molar-refractivity contribution in [3.63, 3.8) is 0 Å². The molecule has 5 nitrogen and oxygen atoms in total. The van der Waals surface area contributed by atoms with Crippen LogP contribution in [0, 0.1) is 13.8 Å². The molecule has 0 spiro atoms. The summed E-state index contributed by atoms with van der Waals surface area (Å²) in [4.78, 5) is 0. The van der Waals surface area contributed by atoms with Crippen LogP contribution < -0.4 is 4.74 Å². The maximum Gasteiger partial charge on any atom is 0.122 e. The number of aryl methyl sites for hydroxylation is 4. The van der Waals surface area contributed by atoms with E-state index in [0.717, 1.165) is 42.8 Å². The first-order chi connectivity index (χ1) is 10.2. The topological polar surface area (TPSA) is 60.2 Å². The molecule has 1 aromatic carbocycles. The molecule has 0 radical (unpaired) electrons. The molecule has 0 saturated carbocycles. The smallest absolute Gasteiger partial charge is 0.122 e. The van der Waals surface area contributed by atoms with E-state index in [9.17, 15) is 0 Å². The lowest BCUT2D eigenvalue weighted by Gasteiger charge is -2.09. The summed E-state index contributed by atoms with van der Waals surface area (Å²) in [7, 11) is 0. The fraction of sp³-hybridized carbons (Fsp3) is 0.500. The first kappa shape index (κ1) is 15.5. The Bertz CT molecular complexity index is 566. The van der Waals surface area contributed by atoms with Gasteiger partial charge in [-0.25, -0.2) is 0 Å². The second-order valence-corrected chi connectivity index (χ2v) is 5.27. The van der Waals surface area contributed by atoms with Crippen molar-refractivity contribution in [1.29, 1.82) is 0 Å². The fourth-order valence-electron chi connectivity index (χ4n) is 2.09. The number of aliphatic hydroxyl groups excluding tert-OH is 1. The van der Waals surface area contributed by atoms with E-state index in [1.54, 1.807) is 0 Å². The minimum absolute atomic E-state index is 0.191. The van der Waals surface area contributed by atoms with E-state index in [2.05, 4.69) is 42.4 Å². The number of aliphatic hydroxyl groups is 1. The van der Waals surface area contributed by atoms with Crippen LogP contribution in [0.1, 0.15) is 29.7 Å². The molecule has 1 aromatic heterocycles. The Morgan fingerprint density at radius 2 is 2.10 bits per heavy atom. The van der Waals surface area contributed by atoms with Crippen molar-refractivity contribution < 1.29 is 9.84 Å². The molecule has 0 aliphatic carbocycles. The van der Waals surface area contributed by atoms with Gasteiger partial charge < -0.3 is 9.84 Å². The Kier molecular flexibility index (Phi) is 5.75. The molecule has 1 N–H and O–H groups in total. The number of rotatable bonds is 8. The molecule has 114 valence electrons. The molecule has 0 unspecified atom stereocenters. The number of nitrogens with zero attached hydrogens (tertiary/aromatic N) is 3. The van der Waals surface area contributed by atoms with Gasteiger partial charge in [-0.3, -0.25) is 4.68 Å². The van der Waals surface area contributed by atoms with Crippen molar-refractivity contribution in [2.45, 2.75) is 39.7 Å². The molecule has 1 heterocycles. The fourth-order valence-corrected chi connectivity index (χ4v) is 2.09. The summed E-state index contributed by atoms with van der Waals surface area (Å²) in [5.74, 6) is 0.956. The predicted octanol–water partition coefficient (Wildman–Crippen LogP) is 2.29. The van der Waals surface area contributed by atoms with Crippen molar-refractivity contribution in [2.75, 3.05) is 13.2 Å². The van der Waals surface area contributed by atoms with Gasteiger partial charge >= 0.3 is 0 Å². The van der Waals surface area contributed by atoms with Gasteiger partial charge in [0.1, 0.15) is 5.75 Å². The first-order valence-corrected chi connectivity index (χ1v) is 7.39. The van der Waals surface area contributed by atoms with Gasteiger partial charge in [0.25, 0.3) is 0 Å². The molecule has 0 saturated heterocycles. The molecular formula is C16H23N3O2. The summed E-state index contributed by atoms with van der Waals surface area (Å²) in [6.45, 7) is 5.76. The normalized spacial score (nSPS) is 10.8. The number of ether oxygens (including phenoxy) is 1. The molecule has 0 amide bonds. The summed E-state index contributed by atoms with van der Waals surface area (Å²) in [6, 6.07) is 6.23. The third-order valence-electron chi connectivity index (χ3n) is 3.31. The Hall–Kier alpha value is -1.88. The van der Waals surface area contributed by atoms with Crippen LogP contribution >= 0.6 is 0 Å². The minimum atomic E-state index is 0.191. The molecule has 0 bridgehead atoms. The lowest BCUT2D eigenvalue weighted by Crippen LogP contribution is -2.05. The number of hydrogen-bond acceptors (Lipinski definition) is 4. The van der Waals surface area contributed by atoms with Gasteiger partial charge in [0.2, 0.25) is 0 Å². The zero-order valence-electron chi connectivity index (χ0n) is 12.7. The van der Waals surface area contributed by atoms with E-state index in [0.29, 0.717) is 6.61 Å². The molecule has 0 aliphatic rings. The maximum absolute atomic E-state index is 8.79. The van der Waals surface area contributed by atoms with E-state index in [1.165, 1.54) is 5.56 Å². The number of benzene rings is 1. The third kappa shape index (κ3) is 4.86. The zero-order valence-corrected chi connectivity index (χ0v) is 12.7. The molecule has 0 aliphatic heterocycles. The third-order valence-corrected chi connectivity index (χ3v) is 3.31. The van der Waals surface area contributed by atoms with Gasteiger partial charge in [-0.15, -0.1) is 5.10 Å². The summed E-state index contributed by atoms with van der Waals surface area (Å²) in [6.07, 6.45) is 4.33. The molecule has 21 heavy (non-hydrogen) atoms. The average molecular weight is 289 g/mol. The van der Waals surface area contributed by atoms with Gasteiger partial charge in [0.05, 0.1) is 12.3 Å². The van der Waals surface area contributed by atoms with Gasteiger partial charge in [-0.1, -0.05) is 17.3 Å². The van der Waals surface area contributed by atoms with Gasteiger partial charge in [-0.05, 0) is 43.9 Å². The van der Waals surface area contributed by atoms with Crippen LogP contribution in [-0.2, 0) is 13.0 Å². The van der Waals surface area contributed by atoms with Gasteiger partial charge in [-0.2, -0.15) is 0 Å². The van der Waals surface area contributed by atoms with Crippen LogP contribution in [0.4, 0.5) is 0 Å². The highest BCUT2D eigenvalue weighted by atomic mass is 16.5. The number of hydrogen-bond donors (Lipinski definition) is 1. The molecule has 0 atom stereocenters. The lowest BCUT2D eigenvalue weighted by molar-refractivity contribution is 0.288. The quantitative estimate of drug-likeness (QED) is 0.757. The van der Waals surface area contributed by atoms with Crippen molar-refractivity contribution in [3.8, 4) is 5.75 Å². The van der Waals surface area contributed by atoms with Crippen molar-refractivity contribution >= 4 is 0 Å². The SMILES string of the molecule is Cc1ccc(C)c(OCCCn2cc(CCCO)nn2)c1. The largest absolute Gasteiger partial charge is 0.493 e. The summed E-state index contributed by atoms with van der Waals surface area (Å²) < 4.78 is 7.65. The Morgan fingerprint density at radius 3 is 2.90 bits per heavy atom. The summed E-state index contributed by atoms with van der Waals surface area (Å²) >= 11 is 0. The second kappa shape index (κ2) is 7.78. The molecular weight excluding hydrogens is 266 g/mol. The minimum Gasteiger partial charge on any atom is -0.493 e. The van der Waals surface area contributed by atoms with Gasteiger partial charge in [0, 0.05) is 25.8 Å². The van der Waals surface area contributed by atoms with Crippen molar-refractivity contribution in [1.82, 2.24) is 15.0 Å². The summed E-state index contributed by atoms with van der Waals surface area (Å²) in [5.41, 5.74) is 3.30. The van der Waals surface area contributed by atoms with E-state index < -0.39 is 0 Å². The van der Waals surface area contributed by atoms with E-state index in [1.807, 2.05) is 10.9 Å². The van der Waals surface area contributed by atoms with E-state index >= 15 is 0 Å². The summed E-state index contributed by atoms with van der Waals surface area (Å²) in [5, 5.41) is 16.9. The highest BCUT2D eigenvalue weighted by Crippen LogP contribution is 2.19. The lowest BCUT2D eigenvalue weighted by atomic mass is 10.1. The molecule has 2 rings (SSSR count). The Labute approximate surface area is 125 Å². The van der Waals surface area contributed by atoms with Crippen LogP contribution in [0.15, 0.2) is 24.4 Å². The van der Waals surface area contributed by atoms with Crippen LogP contribution in [0.25, 0.3) is 0 Å². The second-order valence-electron chi connectivity index (χ2n) is 5.27. The highest BCUT2D eigenvalue weighted by Gasteiger charge is 2.02. The van der Waals surface area contributed by atoms with Crippen LogP contribution in [0.5, 0.6) is 5.75 Å². The van der Waals surface area contributed by atoms with Crippen LogP contribution in [0.2, 0.25) is 0 Å². The highest BCUT2D eigenvalue weighted by molar-refractivity contribution is 5.35. The standard InChI is InChI=1S/C16H23N3O2/c1-13-6-7-14(2)16(11-13)21-10-4-8-19-12-15(17-18-19)5-3-9-20/h6-7,11-12,20H,3-5,8-10H2,1-2H3. The Balaban J connectivity index is 1.74. The average Bonchev–Trinajstić information content (AvgIpc) is 2.92. The van der Waals surface area contributed by atoms with Crippen molar-refractivity contribution in [3.05, 3.63) is 41.2 Å². The van der Waals surface area contributed by atoms with Gasteiger partial charge in [0.15, 0.2) is 0 Å². The maximum atomic E-state index is 8.79. The first-order valence-electron chi connectivity index (χ1n) is 7.39. The van der Waals surface area contributed by atoms with E-state index in [4.69, 9.17) is 9.84 Å². The molecule has 2 aromatic rings. The molecule has 0 fully saturated rings. The van der Waals surface area contributed by atoms with E-state index in [-0.39, 0.29) is 6.61 Å². The predicted molar refractivity (Wildman–Crippen MR) is 81.5 cm³/mol. The van der Waals surface area contributed by atoms with Crippen molar-refractivity contribution in [2.24, 2.45) is 0 Å². The van der Waals surface area contributed by atoms with Crippen LogP contribution in [-0.4, -0.2) is 33.3 Å².